The van der Waals surface area contributed by atoms with E-state index in [2.05, 4.69) is 59.4 Å². The molecule has 0 fully saturated rings. The van der Waals surface area contributed by atoms with Gasteiger partial charge in [0.15, 0.2) is 0 Å². The quantitative estimate of drug-likeness (QED) is 0.146. The molecule has 0 radical (unpaired) electrons. The minimum Gasteiger partial charge on any atom is -0.326 e. The summed E-state index contributed by atoms with van der Waals surface area (Å²) in [6.07, 6.45) is 3.64. The molecular weight excluding hydrogens is 386 g/mol. The van der Waals surface area contributed by atoms with Crippen molar-refractivity contribution < 1.29 is 0 Å². The first-order valence-electron chi connectivity index (χ1n) is 10.6. The van der Waals surface area contributed by atoms with E-state index >= 15 is 0 Å². The number of likely N-dealkylation sites (N-methyl/N-ethyl adjacent to an activating group) is 1. The molecule has 8 N–H and O–H groups in total. The summed E-state index contributed by atoms with van der Waals surface area (Å²) in [5.41, 5.74) is 21.7. The van der Waals surface area contributed by atoms with Crippen LogP contribution in [-0.2, 0) is 19.5 Å². The number of hydrazine groups is 2. The standard InChI is InChI=1S/C24H37N7/c1-5-24(31(27)30-4)18-8-9-20(16-26)23(14-18)22-13-17(6-7-19(22)15-25)12-21(29-3)10-11-28-2/h5-9,13-14,21,24,29-30H,1-2,10-12,15-16,25-27H2,3-4H3. The van der Waals surface area contributed by atoms with Gasteiger partial charge in [-0.2, -0.15) is 5.12 Å². The maximum absolute atomic E-state index is 6.10. The average Bonchev–Trinajstić information content (AvgIpc) is 2.81. The molecule has 2 rings (SSSR count). The van der Waals surface area contributed by atoms with Gasteiger partial charge >= 0.3 is 0 Å². The molecule has 0 aliphatic heterocycles. The third-order valence-electron chi connectivity index (χ3n) is 5.69. The van der Waals surface area contributed by atoms with E-state index in [0.29, 0.717) is 19.1 Å². The lowest BCUT2D eigenvalue weighted by molar-refractivity contribution is 0.172. The summed E-state index contributed by atoms with van der Waals surface area (Å²) < 4.78 is 0. The zero-order chi connectivity index (χ0) is 22.8. The van der Waals surface area contributed by atoms with Gasteiger partial charge < -0.3 is 21.8 Å². The third kappa shape index (κ3) is 6.30. The number of nitrogens with two attached hydrogens (primary N) is 3. The van der Waals surface area contributed by atoms with Gasteiger partial charge in [-0.15, -0.1) is 6.58 Å². The highest BCUT2D eigenvalue weighted by Gasteiger charge is 2.17. The number of hydrogen-bond donors (Lipinski definition) is 5. The van der Waals surface area contributed by atoms with E-state index in [9.17, 15) is 0 Å². The van der Waals surface area contributed by atoms with E-state index in [4.69, 9.17) is 17.3 Å². The molecule has 2 atom stereocenters. The van der Waals surface area contributed by atoms with Crippen molar-refractivity contribution in [3.05, 3.63) is 71.3 Å². The first kappa shape index (κ1) is 24.9. The largest absolute Gasteiger partial charge is 0.326 e. The van der Waals surface area contributed by atoms with Crippen molar-refractivity contribution in [2.24, 2.45) is 22.3 Å². The molecule has 0 amide bonds. The molecule has 0 spiro atoms. The van der Waals surface area contributed by atoms with E-state index in [1.54, 1.807) is 7.05 Å². The number of benzene rings is 2. The predicted octanol–water partition coefficient (Wildman–Crippen LogP) is 2.03. The lowest BCUT2D eigenvalue weighted by Gasteiger charge is -2.25. The first-order valence-corrected chi connectivity index (χ1v) is 10.6. The summed E-state index contributed by atoms with van der Waals surface area (Å²) in [5, 5.41) is 4.90. The highest BCUT2D eigenvalue weighted by atomic mass is 15.7. The van der Waals surface area contributed by atoms with E-state index in [1.165, 1.54) is 10.7 Å². The third-order valence-corrected chi connectivity index (χ3v) is 5.69. The highest BCUT2D eigenvalue weighted by Crippen LogP contribution is 2.32. The number of nitrogens with zero attached hydrogens (tertiary/aromatic N) is 2. The number of rotatable bonds is 13. The predicted molar refractivity (Wildman–Crippen MR) is 131 cm³/mol. The van der Waals surface area contributed by atoms with Crippen LogP contribution in [0, 0.1) is 0 Å². The SMILES string of the molecule is C=CC(c1ccc(CN)c(-c2cc(CC(CCN=C)NC)ccc2CN)c1)N(N)NC. The summed E-state index contributed by atoms with van der Waals surface area (Å²) in [7, 11) is 3.76. The Morgan fingerprint density at radius 3 is 2.26 bits per heavy atom. The second-order valence-electron chi connectivity index (χ2n) is 7.55. The number of aliphatic imine (C=N–C) groups is 1. The van der Waals surface area contributed by atoms with Crippen LogP contribution >= 0.6 is 0 Å². The Balaban J connectivity index is 2.52. The summed E-state index contributed by atoms with van der Waals surface area (Å²) in [5.74, 6) is 6.10. The van der Waals surface area contributed by atoms with Crippen molar-refractivity contribution in [2.75, 3.05) is 20.6 Å². The van der Waals surface area contributed by atoms with Gasteiger partial charge in [-0.1, -0.05) is 36.4 Å². The van der Waals surface area contributed by atoms with Gasteiger partial charge in [0.05, 0.1) is 6.04 Å². The van der Waals surface area contributed by atoms with Crippen LogP contribution in [0.3, 0.4) is 0 Å². The first-order chi connectivity index (χ1) is 15.0. The minimum atomic E-state index is -0.180. The van der Waals surface area contributed by atoms with E-state index in [0.717, 1.165) is 47.2 Å². The van der Waals surface area contributed by atoms with Gasteiger partial charge in [0.1, 0.15) is 0 Å². The fraction of sp³-hybridized carbons (Fsp3) is 0.375. The molecule has 0 saturated carbocycles. The van der Waals surface area contributed by atoms with Crippen molar-refractivity contribution in [3.63, 3.8) is 0 Å². The molecule has 0 aliphatic rings. The molecule has 0 saturated heterocycles. The normalized spacial score (nSPS) is 13.2. The molecule has 0 heterocycles. The van der Waals surface area contributed by atoms with Crippen molar-refractivity contribution in [1.82, 2.24) is 15.9 Å². The fourth-order valence-corrected chi connectivity index (χ4v) is 3.82. The maximum atomic E-state index is 6.10. The minimum absolute atomic E-state index is 0.180. The lowest BCUT2D eigenvalue weighted by Crippen LogP contribution is -2.43. The lowest BCUT2D eigenvalue weighted by atomic mass is 9.89. The zero-order valence-electron chi connectivity index (χ0n) is 18.8. The molecule has 7 heteroatoms. The topological polar surface area (TPSA) is 118 Å². The van der Waals surface area contributed by atoms with E-state index in [1.807, 2.05) is 19.2 Å². The van der Waals surface area contributed by atoms with Gasteiger partial charge in [-0.3, -0.25) is 5.84 Å². The van der Waals surface area contributed by atoms with Crippen LogP contribution in [0.25, 0.3) is 11.1 Å². The van der Waals surface area contributed by atoms with Crippen LogP contribution in [0.5, 0.6) is 0 Å². The van der Waals surface area contributed by atoms with Crippen molar-refractivity contribution in [3.8, 4) is 11.1 Å². The molecular formula is C24H37N7. The van der Waals surface area contributed by atoms with Crippen LogP contribution in [0.4, 0.5) is 0 Å². The summed E-state index contributed by atoms with van der Waals surface area (Å²) in [6.45, 7) is 9.15. The molecule has 0 aromatic heterocycles. The van der Waals surface area contributed by atoms with Gasteiger partial charge in [-0.05, 0) is 66.1 Å². The van der Waals surface area contributed by atoms with Crippen LogP contribution in [-0.4, -0.2) is 38.5 Å². The molecule has 7 nitrogen and oxygen atoms in total. The molecule has 0 aliphatic carbocycles. The maximum Gasteiger partial charge on any atom is 0.0825 e. The Morgan fingerprint density at radius 2 is 1.71 bits per heavy atom. The Hall–Kier alpha value is -2.39. The van der Waals surface area contributed by atoms with Crippen molar-refractivity contribution in [2.45, 2.75) is 38.0 Å². The monoisotopic (exact) mass is 423 g/mol. The summed E-state index contributed by atoms with van der Waals surface area (Å²) in [6, 6.07) is 12.9. The van der Waals surface area contributed by atoms with Crippen molar-refractivity contribution in [1.29, 1.82) is 0 Å². The Kier molecular flexibility index (Phi) is 10.00. The van der Waals surface area contributed by atoms with Gasteiger partial charge in [-0.25, -0.2) is 5.43 Å². The molecule has 0 bridgehead atoms. The molecule has 168 valence electrons. The Bertz CT molecular complexity index is 865. The second kappa shape index (κ2) is 12.5. The average molecular weight is 424 g/mol. The van der Waals surface area contributed by atoms with E-state index in [-0.39, 0.29) is 6.04 Å². The van der Waals surface area contributed by atoms with Crippen LogP contribution < -0.4 is 28.1 Å². The van der Waals surface area contributed by atoms with Gasteiger partial charge in [0, 0.05) is 32.7 Å². The highest BCUT2D eigenvalue weighted by molar-refractivity contribution is 5.72. The Morgan fingerprint density at radius 1 is 1.06 bits per heavy atom. The smallest absolute Gasteiger partial charge is 0.0825 e. The van der Waals surface area contributed by atoms with Gasteiger partial charge in [0.2, 0.25) is 0 Å². The molecule has 31 heavy (non-hydrogen) atoms. The number of hydrogen-bond acceptors (Lipinski definition) is 7. The molecule has 2 unspecified atom stereocenters. The summed E-state index contributed by atoms with van der Waals surface area (Å²) in [4.78, 5) is 3.99. The second-order valence-corrected chi connectivity index (χ2v) is 7.55. The van der Waals surface area contributed by atoms with Crippen LogP contribution in [0.1, 0.15) is 34.7 Å². The van der Waals surface area contributed by atoms with Crippen LogP contribution in [0.15, 0.2) is 54.0 Å². The van der Waals surface area contributed by atoms with Crippen molar-refractivity contribution >= 4 is 6.72 Å². The molecule has 2 aromatic rings. The number of nitrogens with one attached hydrogen (secondary N) is 2. The van der Waals surface area contributed by atoms with E-state index < -0.39 is 0 Å². The van der Waals surface area contributed by atoms with Gasteiger partial charge in [0.25, 0.3) is 0 Å². The molecule has 2 aromatic carbocycles. The summed E-state index contributed by atoms with van der Waals surface area (Å²) >= 11 is 0. The zero-order valence-corrected chi connectivity index (χ0v) is 18.8. The fourth-order valence-electron chi connectivity index (χ4n) is 3.82. The van der Waals surface area contributed by atoms with Crippen LogP contribution in [0.2, 0.25) is 0 Å². The Labute approximate surface area is 186 Å².